The van der Waals surface area contributed by atoms with E-state index in [1.54, 1.807) is 18.2 Å². The zero-order valence-corrected chi connectivity index (χ0v) is 11.8. The second kappa shape index (κ2) is 6.41. The molecule has 0 bridgehead atoms. The lowest BCUT2D eigenvalue weighted by Gasteiger charge is -2.31. The largest absolute Gasteiger partial charge is 0.376 e. The maximum Gasteiger partial charge on any atom is 0.250 e. The molecule has 0 saturated carbocycles. The number of benzene rings is 1. The van der Waals surface area contributed by atoms with Crippen LogP contribution in [0.4, 0.5) is 5.69 Å². The van der Waals surface area contributed by atoms with Gasteiger partial charge < -0.3 is 16.0 Å². The van der Waals surface area contributed by atoms with Crippen LogP contribution in [0.2, 0.25) is 0 Å². The molecule has 1 aliphatic rings. The van der Waals surface area contributed by atoms with Crippen LogP contribution < -0.4 is 11.1 Å². The van der Waals surface area contributed by atoms with E-state index >= 15 is 0 Å². The Morgan fingerprint density at radius 3 is 2.85 bits per heavy atom. The summed E-state index contributed by atoms with van der Waals surface area (Å²) in [5.74, 6) is 0.133. The third kappa shape index (κ3) is 3.50. The minimum absolute atomic E-state index is 0.0656. The molecular weight excluding hydrogens is 254 g/mol. The first kappa shape index (κ1) is 14.4. The molecule has 5 heteroatoms. The molecule has 0 spiro atoms. The van der Waals surface area contributed by atoms with E-state index in [2.05, 4.69) is 12.2 Å². The van der Waals surface area contributed by atoms with Crippen molar-refractivity contribution in [1.29, 1.82) is 0 Å². The van der Waals surface area contributed by atoms with E-state index in [0.29, 0.717) is 17.2 Å². The van der Waals surface area contributed by atoms with E-state index in [0.717, 1.165) is 19.5 Å². The Hall–Kier alpha value is -2.04. The van der Waals surface area contributed by atoms with Gasteiger partial charge in [-0.1, -0.05) is 19.1 Å². The number of carbonyl (C=O) groups excluding carboxylic acids is 2. The fourth-order valence-corrected chi connectivity index (χ4v) is 2.55. The van der Waals surface area contributed by atoms with Crippen molar-refractivity contribution in [2.75, 3.05) is 25.0 Å². The number of anilines is 1. The second-order valence-corrected chi connectivity index (χ2v) is 5.35. The number of amides is 2. The van der Waals surface area contributed by atoms with Gasteiger partial charge in [0.1, 0.15) is 0 Å². The molecule has 1 fully saturated rings. The molecule has 2 amide bonds. The Kier molecular flexibility index (Phi) is 4.61. The zero-order chi connectivity index (χ0) is 14.5. The van der Waals surface area contributed by atoms with Crippen LogP contribution in [-0.2, 0) is 4.79 Å². The number of hydrogen-bond donors (Lipinski definition) is 2. The first-order valence-corrected chi connectivity index (χ1v) is 6.98. The first-order valence-electron chi connectivity index (χ1n) is 6.98. The Morgan fingerprint density at radius 2 is 2.15 bits per heavy atom. The van der Waals surface area contributed by atoms with Gasteiger partial charge >= 0.3 is 0 Å². The van der Waals surface area contributed by atoms with Gasteiger partial charge in [-0.2, -0.15) is 0 Å². The third-order valence-electron chi connectivity index (χ3n) is 3.63. The number of piperidine rings is 1. The fraction of sp³-hybridized carbons (Fsp3) is 0.467. The number of primary amides is 1. The van der Waals surface area contributed by atoms with E-state index in [-0.39, 0.29) is 12.5 Å². The maximum absolute atomic E-state index is 12.1. The van der Waals surface area contributed by atoms with Crippen molar-refractivity contribution < 1.29 is 9.59 Å². The Balaban J connectivity index is 1.95. The number of likely N-dealkylation sites (tertiary alicyclic amines) is 1. The van der Waals surface area contributed by atoms with Crippen LogP contribution in [0.3, 0.4) is 0 Å². The van der Waals surface area contributed by atoms with Crippen molar-refractivity contribution >= 4 is 17.5 Å². The van der Waals surface area contributed by atoms with Crippen LogP contribution in [0.15, 0.2) is 24.3 Å². The van der Waals surface area contributed by atoms with Gasteiger partial charge in [0.15, 0.2) is 0 Å². The average molecular weight is 275 g/mol. The van der Waals surface area contributed by atoms with Crippen molar-refractivity contribution in [2.45, 2.75) is 19.8 Å². The van der Waals surface area contributed by atoms with Crippen LogP contribution in [0.1, 0.15) is 30.1 Å². The summed E-state index contributed by atoms with van der Waals surface area (Å²) >= 11 is 0. The summed E-state index contributed by atoms with van der Waals surface area (Å²) in [6, 6.07) is 6.96. The monoisotopic (exact) mass is 275 g/mol. The maximum atomic E-state index is 12.1. The van der Waals surface area contributed by atoms with E-state index in [4.69, 9.17) is 5.73 Å². The molecule has 1 heterocycles. The standard InChI is InChI=1S/C15H21N3O2/c1-11-5-4-8-18(10-11)14(19)9-17-13-7-3-2-6-12(13)15(16)20/h2-3,6-7,11,17H,4-5,8-10H2,1H3,(H2,16,20)/t11-/m1/s1. The molecule has 1 aromatic carbocycles. The van der Waals surface area contributed by atoms with Gasteiger partial charge in [0.2, 0.25) is 5.91 Å². The molecule has 3 N–H and O–H groups in total. The number of carbonyl (C=O) groups is 2. The topological polar surface area (TPSA) is 75.4 Å². The normalized spacial score (nSPS) is 18.6. The van der Waals surface area contributed by atoms with Gasteiger partial charge in [-0.05, 0) is 30.9 Å². The highest BCUT2D eigenvalue weighted by atomic mass is 16.2. The summed E-state index contributed by atoms with van der Waals surface area (Å²) in [6.45, 7) is 3.99. The molecule has 0 aliphatic carbocycles. The highest BCUT2D eigenvalue weighted by Gasteiger charge is 2.20. The van der Waals surface area contributed by atoms with Crippen molar-refractivity contribution in [3.8, 4) is 0 Å². The predicted molar refractivity (Wildman–Crippen MR) is 78.4 cm³/mol. The van der Waals surface area contributed by atoms with E-state index in [1.807, 2.05) is 11.0 Å². The highest BCUT2D eigenvalue weighted by Crippen LogP contribution is 2.17. The van der Waals surface area contributed by atoms with E-state index < -0.39 is 5.91 Å². The number of nitrogens with two attached hydrogens (primary N) is 1. The quantitative estimate of drug-likeness (QED) is 0.873. The van der Waals surface area contributed by atoms with Crippen molar-refractivity contribution in [3.05, 3.63) is 29.8 Å². The molecular formula is C15H21N3O2. The molecule has 0 radical (unpaired) electrons. The SMILES string of the molecule is C[C@@H]1CCCN(C(=O)CNc2ccccc2C(N)=O)C1. The van der Waals surface area contributed by atoms with Gasteiger partial charge in [-0.3, -0.25) is 9.59 Å². The van der Waals surface area contributed by atoms with Gasteiger partial charge in [0.05, 0.1) is 12.1 Å². The Labute approximate surface area is 119 Å². The number of nitrogens with zero attached hydrogens (tertiary/aromatic N) is 1. The van der Waals surface area contributed by atoms with Crippen LogP contribution in [-0.4, -0.2) is 36.3 Å². The summed E-state index contributed by atoms with van der Waals surface area (Å²) in [6.07, 6.45) is 2.24. The minimum atomic E-state index is -0.493. The van der Waals surface area contributed by atoms with Gasteiger partial charge in [-0.15, -0.1) is 0 Å². The molecule has 1 aromatic rings. The smallest absolute Gasteiger partial charge is 0.250 e. The highest BCUT2D eigenvalue weighted by molar-refractivity contribution is 5.99. The number of rotatable bonds is 4. The molecule has 0 aromatic heterocycles. The third-order valence-corrected chi connectivity index (χ3v) is 3.63. The summed E-state index contributed by atoms with van der Waals surface area (Å²) in [5, 5.41) is 3.01. The minimum Gasteiger partial charge on any atom is -0.376 e. The lowest BCUT2D eigenvalue weighted by atomic mass is 10.0. The zero-order valence-electron chi connectivity index (χ0n) is 11.8. The molecule has 1 atom stereocenters. The number of nitrogens with one attached hydrogen (secondary N) is 1. The van der Waals surface area contributed by atoms with Gasteiger partial charge in [0, 0.05) is 18.8 Å². The lowest BCUT2D eigenvalue weighted by Crippen LogP contribution is -2.42. The van der Waals surface area contributed by atoms with Crippen molar-refractivity contribution in [3.63, 3.8) is 0 Å². The van der Waals surface area contributed by atoms with Gasteiger partial charge in [0.25, 0.3) is 5.91 Å². The molecule has 1 aliphatic heterocycles. The second-order valence-electron chi connectivity index (χ2n) is 5.35. The van der Waals surface area contributed by atoms with E-state index in [9.17, 15) is 9.59 Å². The Bertz CT molecular complexity index is 502. The lowest BCUT2D eigenvalue weighted by molar-refractivity contribution is -0.130. The molecule has 108 valence electrons. The summed E-state index contributed by atoms with van der Waals surface area (Å²) < 4.78 is 0. The predicted octanol–water partition coefficient (Wildman–Crippen LogP) is 1.46. The summed E-state index contributed by atoms with van der Waals surface area (Å²) in [4.78, 5) is 25.3. The summed E-state index contributed by atoms with van der Waals surface area (Å²) in [7, 11) is 0. The fourth-order valence-electron chi connectivity index (χ4n) is 2.55. The average Bonchev–Trinajstić information content (AvgIpc) is 2.45. The number of hydrogen-bond acceptors (Lipinski definition) is 3. The molecule has 20 heavy (non-hydrogen) atoms. The van der Waals surface area contributed by atoms with Crippen molar-refractivity contribution in [1.82, 2.24) is 4.90 Å². The van der Waals surface area contributed by atoms with E-state index in [1.165, 1.54) is 6.42 Å². The first-order chi connectivity index (χ1) is 9.58. The van der Waals surface area contributed by atoms with Gasteiger partial charge in [-0.25, -0.2) is 0 Å². The molecule has 1 saturated heterocycles. The summed E-state index contributed by atoms with van der Waals surface area (Å²) in [5.41, 5.74) is 6.33. The van der Waals surface area contributed by atoms with Crippen LogP contribution in [0.25, 0.3) is 0 Å². The molecule has 0 unspecified atom stereocenters. The Morgan fingerprint density at radius 1 is 1.40 bits per heavy atom. The van der Waals surface area contributed by atoms with Crippen LogP contribution in [0, 0.1) is 5.92 Å². The molecule has 2 rings (SSSR count). The van der Waals surface area contributed by atoms with Crippen LogP contribution >= 0.6 is 0 Å². The number of para-hydroxylation sites is 1. The molecule has 5 nitrogen and oxygen atoms in total. The van der Waals surface area contributed by atoms with Crippen molar-refractivity contribution in [2.24, 2.45) is 11.7 Å². The van der Waals surface area contributed by atoms with Crippen LogP contribution in [0.5, 0.6) is 0 Å².